The van der Waals surface area contributed by atoms with E-state index in [2.05, 4.69) is 11.8 Å². The van der Waals surface area contributed by atoms with Crippen molar-refractivity contribution in [2.45, 2.75) is 45.1 Å². The topological polar surface area (TPSA) is 23.6 Å². The van der Waals surface area contributed by atoms with Crippen LogP contribution < -0.4 is 0 Å². The van der Waals surface area contributed by atoms with Crippen LogP contribution in [0.1, 0.15) is 39.0 Å². The quantitative estimate of drug-likeness (QED) is 0.704. The van der Waals surface area contributed by atoms with E-state index in [9.17, 15) is 4.79 Å². The van der Waals surface area contributed by atoms with Crippen LogP contribution in [-0.4, -0.2) is 47.9 Å². The fourth-order valence-corrected chi connectivity index (χ4v) is 2.66. The molecule has 2 aliphatic heterocycles. The third-order valence-corrected chi connectivity index (χ3v) is 3.69. The van der Waals surface area contributed by atoms with Gasteiger partial charge in [0.25, 0.3) is 0 Å². The van der Waals surface area contributed by atoms with E-state index in [1.54, 1.807) is 0 Å². The molecule has 2 aliphatic rings. The number of hydrogen-bond donors (Lipinski definition) is 0. The molecule has 1 atom stereocenters. The maximum Gasteiger partial charge on any atom is 0.224 e. The second kappa shape index (κ2) is 4.97. The van der Waals surface area contributed by atoms with Gasteiger partial charge in [0.2, 0.25) is 5.91 Å². The summed E-state index contributed by atoms with van der Waals surface area (Å²) in [5.74, 6) is 0.368. The predicted molar refractivity (Wildman–Crippen MR) is 60.7 cm³/mol. The van der Waals surface area contributed by atoms with Crippen LogP contribution in [-0.2, 0) is 4.79 Å². The van der Waals surface area contributed by atoms with Crippen molar-refractivity contribution >= 4 is 5.91 Å². The summed E-state index contributed by atoms with van der Waals surface area (Å²) in [6, 6.07) is 0.445. The Morgan fingerprint density at radius 3 is 2.20 bits per heavy atom. The molecule has 0 aliphatic carbocycles. The van der Waals surface area contributed by atoms with Crippen LogP contribution in [0.15, 0.2) is 0 Å². The lowest BCUT2D eigenvalue weighted by Crippen LogP contribution is -2.37. The zero-order valence-corrected chi connectivity index (χ0v) is 9.74. The number of carbonyl (C=O) groups excluding carboxylic acids is 1. The fourth-order valence-electron chi connectivity index (χ4n) is 2.66. The number of rotatable bonds is 3. The molecular weight excluding hydrogens is 188 g/mol. The Balaban J connectivity index is 1.77. The molecule has 2 saturated heterocycles. The molecule has 3 nitrogen and oxygen atoms in total. The minimum Gasteiger partial charge on any atom is -0.343 e. The molecular formula is C12H22N2O. The van der Waals surface area contributed by atoms with E-state index in [-0.39, 0.29) is 0 Å². The van der Waals surface area contributed by atoms with Crippen LogP contribution in [0.25, 0.3) is 0 Å². The largest absolute Gasteiger partial charge is 0.343 e. The van der Waals surface area contributed by atoms with Gasteiger partial charge in [-0.25, -0.2) is 0 Å². The first-order valence-corrected chi connectivity index (χ1v) is 6.29. The summed E-state index contributed by atoms with van der Waals surface area (Å²) >= 11 is 0. The summed E-state index contributed by atoms with van der Waals surface area (Å²) in [6.45, 7) is 6.55. The van der Waals surface area contributed by atoms with E-state index < -0.39 is 0 Å². The molecule has 0 aromatic carbocycles. The van der Waals surface area contributed by atoms with Gasteiger partial charge in [-0.05, 0) is 45.7 Å². The summed E-state index contributed by atoms with van der Waals surface area (Å²) in [7, 11) is 0. The van der Waals surface area contributed by atoms with Gasteiger partial charge >= 0.3 is 0 Å². The molecule has 1 unspecified atom stereocenters. The Bertz CT molecular complexity index is 218. The Kier molecular flexibility index (Phi) is 3.62. The summed E-state index contributed by atoms with van der Waals surface area (Å²) in [5, 5.41) is 0. The molecule has 2 heterocycles. The van der Waals surface area contributed by atoms with Crippen molar-refractivity contribution in [3.8, 4) is 0 Å². The van der Waals surface area contributed by atoms with Crippen molar-refractivity contribution in [1.29, 1.82) is 0 Å². The summed E-state index contributed by atoms with van der Waals surface area (Å²) in [6.07, 6.45) is 5.73. The van der Waals surface area contributed by atoms with Crippen molar-refractivity contribution in [1.82, 2.24) is 9.80 Å². The summed E-state index contributed by atoms with van der Waals surface area (Å²) in [5.41, 5.74) is 0. The predicted octanol–water partition coefficient (Wildman–Crippen LogP) is 1.48. The molecule has 0 aromatic rings. The van der Waals surface area contributed by atoms with Gasteiger partial charge in [-0.15, -0.1) is 0 Å². The second-order valence-electron chi connectivity index (χ2n) is 4.88. The number of amides is 1. The highest BCUT2D eigenvalue weighted by Gasteiger charge is 2.24. The monoisotopic (exact) mass is 210 g/mol. The lowest BCUT2D eigenvalue weighted by Gasteiger charge is -2.25. The zero-order valence-electron chi connectivity index (χ0n) is 9.74. The molecule has 0 aromatic heterocycles. The molecule has 0 bridgehead atoms. The van der Waals surface area contributed by atoms with Gasteiger partial charge in [-0.1, -0.05) is 0 Å². The van der Waals surface area contributed by atoms with Crippen molar-refractivity contribution in [3.63, 3.8) is 0 Å². The minimum atomic E-state index is 0.368. The van der Waals surface area contributed by atoms with E-state index in [1.165, 1.54) is 38.8 Å². The highest BCUT2D eigenvalue weighted by molar-refractivity contribution is 5.77. The highest BCUT2D eigenvalue weighted by Crippen LogP contribution is 2.16. The normalized spacial score (nSPS) is 24.7. The van der Waals surface area contributed by atoms with E-state index >= 15 is 0 Å². The number of nitrogens with zero attached hydrogens (tertiary/aromatic N) is 2. The van der Waals surface area contributed by atoms with Gasteiger partial charge in [-0.3, -0.25) is 4.79 Å². The third-order valence-electron chi connectivity index (χ3n) is 3.69. The first-order valence-electron chi connectivity index (χ1n) is 6.29. The molecule has 86 valence electrons. The maximum atomic E-state index is 11.9. The van der Waals surface area contributed by atoms with Crippen LogP contribution in [0.4, 0.5) is 0 Å². The molecule has 0 spiro atoms. The Labute approximate surface area is 92.4 Å². The number of likely N-dealkylation sites (tertiary alicyclic amines) is 2. The van der Waals surface area contributed by atoms with E-state index in [0.717, 1.165) is 19.5 Å². The van der Waals surface area contributed by atoms with Crippen LogP contribution in [0.3, 0.4) is 0 Å². The Morgan fingerprint density at radius 2 is 1.60 bits per heavy atom. The van der Waals surface area contributed by atoms with Crippen LogP contribution >= 0.6 is 0 Å². The molecule has 2 rings (SSSR count). The van der Waals surface area contributed by atoms with Crippen molar-refractivity contribution in [2.75, 3.05) is 26.2 Å². The van der Waals surface area contributed by atoms with E-state index in [4.69, 9.17) is 0 Å². The van der Waals surface area contributed by atoms with Crippen molar-refractivity contribution in [3.05, 3.63) is 0 Å². The standard InChI is InChI=1S/C12H22N2O/c1-11(13-6-2-3-7-13)10-12(15)14-8-4-5-9-14/h11H,2-10H2,1H3. The summed E-state index contributed by atoms with van der Waals surface area (Å²) < 4.78 is 0. The summed E-state index contributed by atoms with van der Waals surface area (Å²) in [4.78, 5) is 16.4. The van der Waals surface area contributed by atoms with Gasteiger partial charge < -0.3 is 9.80 Å². The van der Waals surface area contributed by atoms with Crippen molar-refractivity contribution in [2.24, 2.45) is 0 Å². The number of hydrogen-bond acceptors (Lipinski definition) is 2. The average molecular weight is 210 g/mol. The second-order valence-corrected chi connectivity index (χ2v) is 4.88. The molecule has 1 amide bonds. The van der Waals surface area contributed by atoms with Crippen LogP contribution in [0.5, 0.6) is 0 Å². The molecule has 3 heteroatoms. The van der Waals surface area contributed by atoms with E-state index in [0.29, 0.717) is 11.9 Å². The first kappa shape index (κ1) is 10.9. The molecule has 15 heavy (non-hydrogen) atoms. The fraction of sp³-hybridized carbons (Fsp3) is 0.917. The lowest BCUT2D eigenvalue weighted by atomic mass is 10.2. The van der Waals surface area contributed by atoms with Gasteiger partial charge in [0.15, 0.2) is 0 Å². The Hall–Kier alpha value is -0.570. The highest BCUT2D eigenvalue weighted by atomic mass is 16.2. The van der Waals surface area contributed by atoms with Crippen LogP contribution in [0.2, 0.25) is 0 Å². The molecule has 2 fully saturated rings. The van der Waals surface area contributed by atoms with Crippen LogP contribution in [0, 0.1) is 0 Å². The third kappa shape index (κ3) is 2.71. The van der Waals surface area contributed by atoms with Gasteiger partial charge in [0.1, 0.15) is 0 Å². The molecule has 0 radical (unpaired) electrons. The smallest absolute Gasteiger partial charge is 0.224 e. The minimum absolute atomic E-state index is 0.368. The Morgan fingerprint density at radius 1 is 1.07 bits per heavy atom. The van der Waals surface area contributed by atoms with Gasteiger partial charge in [0, 0.05) is 25.6 Å². The van der Waals surface area contributed by atoms with Gasteiger partial charge in [0.05, 0.1) is 0 Å². The SMILES string of the molecule is CC(CC(=O)N1CCCC1)N1CCCC1. The zero-order chi connectivity index (χ0) is 10.7. The lowest BCUT2D eigenvalue weighted by molar-refractivity contribution is -0.131. The van der Waals surface area contributed by atoms with Gasteiger partial charge in [-0.2, -0.15) is 0 Å². The number of carbonyl (C=O) groups is 1. The average Bonchev–Trinajstić information content (AvgIpc) is 2.91. The van der Waals surface area contributed by atoms with Crippen molar-refractivity contribution < 1.29 is 4.79 Å². The first-order chi connectivity index (χ1) is 7.27. The molecule has 0 N–H and O–H groups in total. The van der Waals surface area contributed by atoms with E-state index in [1.807, 2.05) is 4.90 Å². The maximum absolute atomic E-state index is 11.9. The molecule has 0 saturated carbocycles.